The molecule has 0 aromatic carbocycles. The van der Waals surface area contributed by atoms with Crippen molar-refractivity contribution in [3.8, 4) is 0 Å². The van der Waals surface area contributed by atoms with E-state index >= 15 is 0 Å². The van der Waals surface area contributed by atoms with Crippen LogP contribution in [0.5, 0.6) is 0 Å². The van der Waals surface area contributed by atoms with Crippen LogP contribution in [0.1, 0.15) is 16.1 Å². The lowest BCUT2D eigenvalue weighted by molar-refractivity contribution is 0.741. The molecule has 0 saturated heterocycles. The first-order chi connectivity index (χ1) is 8.36. The number of pyridine rings is 1. The maximum atomic E-state index is 5.63. The normalized spacial score (nSPS) is 14.8. The van der Waals surface area contributed by atoms with Gasteiger partial charge >= 0.3 is 0 Å². The first kappa shape index (κ1) is 10.7. The maximum absolute atomic E-state index is 5.63. The molecule has 17 heavy (non-hydrogen) atoms. The maximum Gasteiger partial charge on any atom is 0.0560 e. The average molecular weight is 245 g/mol. The Bertz CT molecular complexity index is 521. The molecule has 2 aromatic heterocycles. The van der Waals surface area contributed by atoms with Crippen molar-refractivity contribution in [3.05, 3.63) is 45.9 Å². The van der Waals surface area contributed by atoms with Gasteiger partial charge in [0.05, 0.1) is 5.69 Å². The number of aromatic nitrogens is 1. The van der Waals surface area contributed by atoms with Gasteiger partial charge in [-0.05, 0) is 35.6 Å². The van der Waals surface area contributed by atoms with E-state index in [-0.39, 0.29) is 0 Å². The van der Waals surface area contributed by atoms with Gasteiger partial charge in [-0.15, -0.1) is 11.3 Å². The Morgan fingerprint density at radius 2 is 2.35 bits per heavy atom. The first-order valence-electron chi connectivity index (χ1n) is 5.82. The lowest BCUT2D eigenvalue weighted by Crippen LogP contribution is -2.29. The molecule has 3 nitrogen and oxygen atoms in total. The van der Waals surface area contributed by atoms with Crippen LogP contribution in [-0.2, 0) is 19.5 Å². The highest BCUT2D eigenvalue weighted by molar-refractivity contribution is 7.10. The highest BCUT2D eigenvalue weighted by Crippen LogP contribution is 2.27. The number of hydrogen-bond donors (Lipinski definition) is 1. The van der Waals surface area contributed by atoms with E-state index in [9.17, 15) is 0 Å². The van der Waals surface area contributed by atoms with Gasteiger partial charge in [0.2, 0.25) is 0 Å². The van der Waals surface area contributed by atoms with Gasteiger partial charge in [-0.1, -0.05) is 0 Å². The van der Waals surface area contributed by atoms with Gasteiger partial charge in [0.25, 0.3) is 0 Å². The summed E-state index contributed by atoms with van der Waals surface area (Å²) in [6.45, 7) is 2.60. The number of hydrogen-bond acceptors (Lipinski definition) is 4. The zero-order valence-corrected chi connectivity index (χ0v) is 10.4. The zero-order chi connectivity index (χ0) is 11.7. The quantitative estimate of drug-likeness (QED) is 0.881. The summed E-state index contributed by atoms with van der Waals surface area (Å²) in [6.07, 6.45) is 2.99. The van der Waals surface area contributed by atoms with Crippen molar-refractivity contribution in [1.29, 1.82) is 0 Å². The summed E-state index contributed by atoms with van der Waals surface area (Å²) in [5, 5.41) is 2.19. The van der Waals surface area contributed by atoms with Crippen LogP contribution in [-0.4, -0.2) is 11.5 Å². The smallest absolute Gasteiger partial charge is 0.0560 e. The Morgan fingerprint density at radius 1 is 1.41 bits per heavy atom. The minimum absolute atomic E-state index is 0.505. The second-order valence-electron chi connectivity index (χ2n) is 4.25. The Balaban J connectivity index is 1.86. The molecule has 0 unspecified atom stereocenters. The van der Waals surface area contributed by atoms with Crippen LogP contribution in [0.2, 0.25) is 0 Å². The molecule has 2 N–H and O–H groups in total. The van der Waals surface area contributed by atoms with Gasteiger partial charge in [-0.3, -0.25) is 4.98 Å². The van der Waals surface area contributed by atoms with E-state index in [1.54, 1.807) is 0 Å². The Kier molecular flexibility index (Phi) is 2.82. The van der Waals surface area contributed by atoms with Crippen molar-refractivity contribution in [2.45, 2.75) is 19.5 Å². The largest absolute Gasteiger partial charge is 0.367 e. The molecule has 3 heterocycles. The topological polar surface area (TPSA) is 42.1 Å². The number of thiophene rings is 1. The van der Waals surface area contributed by atoms with Crippen LogP contribution in [0.15, 0.2) is 29.8 Å². The van der Waals surface area contributed by atoms with Crippen LogP contribution in [0, 0.1) is 0 Å². The van der Waals surface area contributed by atoms with Gasteiger partial charge in [0.1, 0.15) is 0 Å². The summed E-state index contributed by atoms with van der Waals surface area (Å²) in [5.74, 6) is 0. The average Bonchev–Trinajstić information content (AvgIpc) is 2.86. The van der Waals surface area contributed by atoms with Gasteiger partial charge in [-0.2, -0.15) is 0 Å². The van der Waals surface area contributed by atoms with Crippen molar-refractivity contribution < 1.29 is 0 Å². The molecule has 0 amide bonds. The van der Waals surface area contributed by atoms with E-state index < -0.39 is 0 Å². The Labute approximate surface area is 105 Å². The van der Waals surface area contributed by atoms with Gasteiger partial charge in [-0.25, -0.2) is 0 Å². The number of anilines is 1. The van der Waals surface area contributed by atoms with Gasteiger partial charge < -0.3 is 10.6 Å². The van der Waals surface area contributed by atoms with E-state index in [1.165, 1.54) is 16.1 Å². The zero-order valence-electron chi connectivity index (χ0n) is 9.60. The molecule has 1 aliphatic heterocycles. The summed E-state index contributed by atoms with van der Waals surface area (Å²) in [7, 11) is 0. The van der Waals surface area contributed by atoms with E-state index in [0.29, 0.717) is 6.54 Å². The van der Waals surface area contributed by atoms with Crippen molar-refractivity contribution >= 4 is 17.0 Å². The molecular formula is C13H15N3S. The molecular weight excluding hydrogens is 230 g/mol. The molecule has 0 aliphatic carbocycles. The number of nitrogens with zero attached hydrogens (tertiary/aromatic N) is 2. The van der Waals surface area contributed by atoms with Crippen LogP contribution in [0.4, 0.5) is 5.69 Å². The minimum Gasteiger partial charge on any atom is -0.367 e. The molecule has 3 rings (SSSR count). The Morgan fingerprint density at radius 3 is 3.24 bits per heavy atom. The second-order valence-corrected chi connectivity index (χ2v) is 5.25. The third kappa shape index (κ3) is 2.06. The molecule has 0 saturated carbocycles. The van der Waals surface area contributed by atoms with Crippen LogP contribution in [0.3, 0.4) is 0 Å². The monoisotopic (exact) mass is 245 g/mol. The Hall–Kier alpha value is -1.39. The first-order valence-corrected chi connectivity index (χ1v) is 6.70. The minimum atomic E-state index is 0.505. The summed E-state index contributed by atoms with van der Waals surface area (Å²) in [6, 6.07) is 6.39. The summed E-state index contributed by atoms with van der Waals surface area (Å²) >= 11 is 1.87. The second kappa shape index (κ2) is 4.47. The third-order valence-corrected chi connectivity index (χ3v) is 4.21. The van der Waals surface area contributed by atoms with Crippen molar-refractivity contribution in [2.75, 3.05) is 11.4 Å². The predicted molar refractivity (Wildman–Crippen MR) is 71.2 cm³/mol. The summed E-state index contributed by atoms with van der Waals surface area (Å²) in [4.78, 5) is 8.17. The molecule has 88 valence electrons. The van der Waals surface area contributed by atoms with Gasteiger partial charge in [0.15, 0.2) is 0 Å². The van der Waals surface area contributed by atoms with E-state index in [4.69, 9.17) is 5.73 Å². The van der Waals surface area contributed by atoms with Crippen molar-refractivity contribution in [1.82, 2.24) is 4.98 Å². The number of nitrogens with two attached hydrogens (primary N) is 1. The molecule has 0 atom stereocenters. The standard InChI is InChI=1S/C13H15N3S/c14-8-11-7-12(1-4-15-11)16-5-2-13-10(9-16)3-6-17-13/h1,3-4,6-7H,2,5,8-9,14H2. The predicted octanol–water partition coefficient (Wildman–Crippen LogP) is 2.16. The summed E-state index contributed by atoms with van der Waals surface area (Å²) in [5.41, 5.74) is 9.28. The summed E-state index contributed by atoms with van der Waals surface area (Å²) < 4.78 is 0. The fourth-order valence-corrected chi connectivity index (χ4v) is 3.13. The molecule has 0 fully saturated rings. The molecule has 1 aliphatic rings. The molecule has 0 bridgehead atoms. The van der Waals surface area contributed by atoms with E-state index in [2.05, 4.69) is 33.5 Å². The van der Waals surface area contributed by atoms with Crippen molar-refractivity contribution in [3.63, 3.8) is 0 Å². The van der Waals surface area contributed by atoms with Crippen LogP contribution >= 0.6 is 11.3 Å². The van der Waals surface area contributed by atoms with Crippen molar-refractivity contribution in [2.24, 2.45) is 5.73 Å². The molecule has 4 heteroatoms. The number of rotatable bonds is 2. The van der Waals surface area contributed by atoms with E-state index in [0.717, 1.165) is 25.2 Å². The van der Waals surface area contributed by atoms with Crippen LogP contribution < -0.4 is 10.6 Å². The lowest BCUT2D eigenvalue weighted by Gasteiger charge is -2.29. The lowest BCUT2D eigenvalue weighted by atomic mass is 10.1. The fourth-order valence-electron chi connectivity index (χ4n) is 2.24. The molecule has 2 aromatic rings. The highest BCUT2D eigenvalue weighted by atomic mass is 32.1. The molecule has 0 spiro atoms. The van der Waals surface area contributed by atoms with Crippen LogP contribution in [0.25, 0.3) is 0 Å². The SMILES string of the molecule is NCc1cc(N2CCc3sccc3C2)ccn1. The number of fused-ring (bicyclic) bond motifs is 1. The highest BCUT2D eigenvalue weighted by Gasteiger charge is 2.17. The molecule has 0 radical (unpaired) electrons. The van der Waals surface area contributed by atoms with E-state index in [1.807, 2.05) is 17.5 Å². The fraction of sp³-hybridized carbons (Fsp3) is 0.308. The third-order valence-electron chi connectivity index (χ3n) is 3.18. The van der Waals surface area contributed by atoms with Gasteiger partial charge in [0, 0.05) is 36.4 Å².